The number of rotatable bonds is 8. The number of aromatic nitrogens is 2. The van der Waals surface area contributed by atoms with Gasteiger partial charge in [-0.25, -0.2) is 0 Å². The van der Waals surface area contributed by atoms with Gasteiger partial charge < -0.3 is 10.1 Å². The van der Waals surface area contributed by atoms with Gasteiger partial charge in [0.25, 0.3) is 5.69 Å². The molecule has 0 fully saturated rings. The van der Waals surface area contributed by atoms with Gasteiger partial charge in [0.05, 0.1) is 23.4 Å². The first-order valence-corrected chi connectivity index (χ1v) is 8.79. The quantitative estimate of drug-likeness (QED) is 0.412. The third-order valence-electron chi connectivity index (χ3n) is 3.89. The zero-order valence-corrected chi connectivity index (χ0v) is 16.1. The maximum absolute atomic E-state index is 12.2. The summed E-state index contributed by atoms with van der Waals surface area (Å²) in [5, 5.41) is 18.3. The molecule has 8 nitrogen and oxygen atoms in total. The van der Waals surface area contributed by atoms with Gasteiger partial charge in [-0.1, -0.05) is 24.9 Å². The van der Waals surface area contributed by atoms with Gasteiger partial charge in [0, 0.05) is 30.3 Å². The van der Waals surface area contributed by atoms with Crippen molar-refractivity contribution in [1.82, 2.24) is 9.78 Å². The Kier molecular flexibility index (Phi) is 6.95. The van der Waals surface area contributed by atoms with Gasteiger partial charge in [-0.2, -0.15) is 5.10 Å². The number of nitro groups is 1. The van der Waals surface area contributed by atoms with Gasteiger partial charge in [-0.15, -0.1) is 0 Å². The van der Waals surface area contributed by atoms with Crippen LogP contribution in [0.15, 0.2) is 24.3 Å². The molecule has 0 unspecified atom stereocenters. The molecule has 1 N–H and O–H groups in total. The molecule has 9 heteroatoms. The molecule has 0 aliphatic carbocycles. The summed E-state index contributed by atoms with van der Waals surface area (Å²) in [4.78, 5) is 22.6. The highest BCUT2D eigenvalue weighted by atomic mass is 35.5. The number of non-ortho nitro benzene ring substituents is 1. The van der Waals surface area contributed by atoms with Crippen LogP contribution >= 0.6 is 11.6 Å². The fourth-order valence-electron chi connectivity index (χ4n) is 2.45. The van der Waals surface area contributed by atoms with E-state index in [2.05, 4.69) is 17.3 Å². The number of hydrogen-bond donors (Lipinski definition) is 1. The molecule has 1 aromatic carbocycles. The van der Waals surface area contributed by atoms with Gasteiger partial charge in [0.1, 0.15) is 10.9 Å². The van der Waals surface area contributed by atoms with Gasteiger partial charge in [-0.05, 0) is 25.5 Å². The van der Waals surface area contributed by atoms with E-state index in [1.807, 2.05) is 6.92 Å². The summed E-state index contributed by atoms with van der Waals surface area (Å²) < 4.78 is 6.84. The van der Waals surface area contributed by atoms with Crippen molar-refractivity contribution in [1.29, 1.82) is 0 Å². The standard InChI is InChI=1S/C18H21ClN4O4/c1-4-5-10-22-18(19)14(12(2)21-22)7-9-17(24)20-15-11-13(23(25)26)6-8-16(15)27-3/h6-9,11H,4-5,10H2,1-3H3,(H,20,24)/b9-7+. The lowest BCUT2D eigenvalue weighted by Gasteiger charge is -2.08. The van der Waals surface area contributed by atoms with E-state index in [-0.39, 0.29) is 11.4 Å². The minimum atomic E-state index is -0.543. The maximum atomic E-state index is 12.2. The number of nitrogens with zero attached hydrogens (tertiary/aromatic N) is 3. The van der Waals surface area contributed by atoms with Gasteiger partial charge in [0.15, 0.2) is 0 Å². The molecule has 0 aliphatic rings. The van der Waals surface area contributed by atoms with Crippen LogP contribution in [0.25, 0.3) is 6.08 Å². The smallest absolute Gasteiger partial charge is 0.271 e. The molecule has 1 aromatic heterocycles. The van der Waals surface area contributed by atoms with Crippen LogP contribution in [0.3, 0.4) is 0 Å². The zero-order valence-electron chi connectivity index (χ0n) is 15.4. The molecule has 27 heavy (non-hydrogen) atoms. The Morgan fingerprint density at radius 1 is 1.48 bits per heavy atom. The first kappa shape index (κ1) is 20.4. The summed E-state index contributed by atoms with van der Waals surface area (Å²) >= 11 is 6.33. The third kappa shape index (κ3) is 5.07. The molecule has 0 spiro atoms. The lowest BCUT2D eigenvalue weighted by molar-refractivity contribution is -0.384. The average molecular weight is 393 g/mol. The second-order valence-electron chi connectivity index (χ2n) is 5.83. The number of halogens is 1. The molecule has 0 radical (unpaired) electrons. The number of amides is 1. The topological polar surface area (TPSA) is 99.3 Å². The maximum Gasteiger partial charge on any atom is 0.271 e. The predicted octanol–water partition coefficient (Wildman–Crippen LogP) is 4.21. The van der Waals surface area contributed by atoms with Crippen LogP contribution in [0, 0.1) is 17.0 Å². The molecule has 0 saturated carbocycles. The number of carbonyl (C=O) groups excluding carboxylic acids is 1. The van der Waals surface area contributed by atoms with E-state index < -0.39 is 10.8 Å². The first-order valence-electron chi connectivity index (χ1n) is 8.41. The van der Waals surface area contributed by atoms with E-state index in [1.165, 1.54) is 31.4 Å². The Hall–Kier alpha value is -2.87. The van der Waals surface area contributed by atoms with Crippen molar-refractivity contribution < 1.29 is 14.5 Å². The predicted molar refractivity (Wildman–Crippen MR) is 104 cm³/mol. The molecular formula is C18H21ClN4O4. The molecule has 144 valence electrons. The van der Waals surface area contributed by atoms with Crippen LogP contribution in [-0.4, -0.2) is 27.7 Å². The number of ether oxygens (including phenoxy) is 1. The van der Waals surface area contributed by atoms with Crippen molar-refractivity contribution in [3.8, 4) is 5.75 Å². The molecule has 2 aromatic rings. The van der Waals surface area contributed by atoms with Crippen molar-refractivity contribution in [3.05, 3.63) is 50.8 Å². The Bertz CT molecular complexity index is 876. The molecule has 0 saturated heterocycles. The number of benzene rings is 1. The number of nitro benzene ring substituents is 1. The van der Waals surface area contributed by atoms with Crippen LogP contribution in [0.5, 0.6) is 5.75 Å². The SMILES string of the molecule is CCCCn1nc(C)c(/C=C/C(=O)Nc2cc([N+](=O)[O-])ccc2OC)c1Cl. The van der Waals surface area contributed by atoms with Crippen molar-refractivity contribution in [2.75, 3.05) is 12.4 Å². The largest absolute Gasteiger partial charge is 0.495 e. The van der Waals surface area contributed by atoms with E-state index in [4.69, 9.17) is 16.3 Å². The molecule has 2 rings (SSSR count). The zero-order chi connectivity index (χ0) is 20.0. The minimum absolute atomic E-state index is 0.147. The van der Waals surface area contributed by atoms with Crippen molar-refractivity contribution >= 4 is 35.0 Å². The number of nitrogens with one attached hydrogen (secondary N) is 1. The summed E-state index contributed by atoms with van der Waals surface area (Å²) in [7, 11) is 1.42. The normalized spacial score (nSPS) is 11.0. The molecule has 1 heterocycles. The summed E-state index contributed by atoms with van der Waals surface area (Å²) in [5.41, 5.74) is 1.44. The molecule has 0 atom stereocenters. The van der Waals surface area contributed by atoms with Crippen molar-refractivity contribution in [3.63, 3.8) is 0 Å². The highest BCUT2D eigenvalue weighted by molar-refractivity contribution is 6.31. The fourth-order valence-corrected chi connectivity index (χ4v) is 2.78. The Morgan fingerprint density at radius 2 is 2.22 bits per heavy atom. The Labute approximate surface area is 161 Å². The molecule has 0 aliphatic heterocycles. The molecule has 0 bridgehead atoms. The first-order chi connectivity index (χ1) is 12.9. The lowest BCUT2D eigenvalue weighted by Crippen LogP contribution is -2.09. The second-order valence-corrected chi connectivity index (χ2v) is 6.19. The second kappa shape index (κ2) is 9.18. The van der Waals surface area contributed by atoms with Gasteiger partial charge in [-0.3, -0.25) is 19.6 Å². The van der Waals surface area contributed by atoms with Crippen LogP contribution in [-0.2, 0) is 11.3 Å². The van der Waals surface area contributed by atoms with Crippen molar-refractivity contribution in [2.45, 2.75) is 33.2 Å². The number of aryl methyl sites for hydroxylation is 2. The number of methoxy groups -OCH3 is 1. The lowest BCUT2D eigenvalue weighted by atomic mass is 10.2. The highest BCUT2D eigenvalue weighted by Crippen LogP contribution is 2.29. The fraction of sp³-hybridized carbons (Fsp3) is 0.333. The number of carbonyl (C=O) groups is 1. The average Bonchev–Trinajstić information content (AvgIpc) is 2.91. The number of unbranched alkanes of at least 4 members (excludes halogenated alkanes) is 1. The van der Waals surface area contributed by atoms with E-state index in [1.54, 1.807) is 10.8 Å². The Morgan fingerprint density at radius 3 is 2.85 bits per heavy atom. The number of hydrogen-bond acceptors (Lipinski definition) is 5. The Balaban J connectivity index is 2.18. The van der Waals surface area contributed by atoms with E-state index in [9.17, 15) is 14.9 Å². The highest BCUT2D eigenvalue weighted by Gasteiger charge is 2.14. The van der Waals surface area contributed by atoms with Crippen LogP contribution in [0.4, 0.5) is 11.4 Å². The summed E-state index contributed by atoms with van der Waals surface area (Å²) in [6, 6.07) is 3.97. The number of anilines is 1. The summed E-state index contributed by atoms with van der Waals surface area (Å²) in [5.74, 6) is -0.144. The van der Waals surface area contributed by atoms with E-state index in [0.717, 1.165) is 12.8 Å². The summed E-state index contributed by atoms with van der Waals surface area (Å²) in [6.07, 6.45) is 4.86. The van der Waals surface area contributed by atoms with E-state index in [0.29, 0.717) is 28.7 Å². The van der Waals surface area contributed by atoms with Crippen LogP contribution < -0.4 is 10.1 Å². The van der Waals surface area contributed by atoms with Gasteiger partial charge in [0.2, 0.25) is 5.91 Å². The van der Waals surface area contributed by atoms with Gasteiger partial charge >= 0.3 is 0 Å². The monoisotopic (exact) mass is 392 g/mol. The minimum Gasteiger partial charge on any atom is -0.495 e. The molecule has 1 amide bonds. The summed E-state index contributed by atoms with van der Waals surface area (Å²) in [6.45, 7) is 4.61. The van der Waals surface area contributed by atoms with Crippen molar-refractivity contribution in [2.24, 2.45) is 0 Å². The van der Waals surface area contributed by atoms with Crippen LogP contribution in [0.1, 0.15) is 31.0 Å². The van der Waals surface area contributed by atoms with E-state index >= 15 is 0 Å². The third-order valence-corrected chi connectivity index (χ3v) is 4.28. The molecular weight excluding hydrogens is 372 g/mol. The van der Waals surface area contributed by atoms with Crippen LogP contribution in [0.2, 0.25) is 5.15 Å².